The molecule has 7 heteroatoms. The van der Waals surface area contributed by atoms with Crippen LogP contribution in [0.25, 0.3) is 0 Å². The van der Waals surface area contributed by atoms with Crippen LogP contribution in [0.2, 0.25) is 0 Å². The molecule has 0 radical (unpaired) electrons. The van der Waals surface area contributed by atoms with E-state index in [2.05, 4.69) is 15.0 Å². The van der Waals surface area contributed by atoms with Gasteiger partial charge in [-0.05, 0) is 0 Å². The number of amides is 1. The molecule has 13 heavy (non-hydrogen) atoms. The van der Waals surface area contributed by atoms with Crippen molar-refractivity contribution in [3.8, 4) is 0 Å². The second-order valence-corrected chi connectivity index (χ2v) is 2.95. The number of nitrogens with two attached hydrogens (primary N) is 2. The summed E-state index contributed by atoms with van der Waals surface area (Å²) < 4.78 is 0. The molecular formula is C6H8N4O2S. The Balaban J connectivity index is 3.02. The fraction of sp³-hybridized carbons (Fsp3) is 0.167. The zero-order valence-corrected chi connectivity index (χ0v) is 7.67. The van der Waals surface area contributed by atoms with Crippen LogP contribution < -0.4 is 11.5 Å². The third-order valence-electron chi connectivity index (χ3n) is 1.18. The Morgan fingerprint density at radius 2 is 2.46 bits per heavy atom. The van der Waals surface area contributed by atoms with Gasteiger partial charge in [-0.25, -0.2) is 4.98 Å². The van der Waals surface area contributed by atoms with E-state index in [0.717, 1.165) is 0 Å². The van der Waals surface area contributed by atoms with Gasteiger partial charge in [-0.15, -0.1) is 11.3 Å². The first-order chi connectivity index (χ1) is 6.15. The third-order valence-corrected chi connectivity index (χ3v) is 1.85. The maximum absolute atomic E-state index is 10.8. The highest BCUT2D eigenvalue weighted by Crippen LogP contribution is 2.11. The average molecular weight is 200 g/mol. The number of hydrogen-bond donors (Lipinski definition) is 2. The first kappa shape index (κ1) is 9.46. The quantitative estimate of drug-likeness (QED) is 0.510. The lowest BCUT2D eigenvalue weighted by Gasteiger charge is -1.95. The summed E-state index contributed by atoms with van der Waals surface area (Å²) in [4.78, 5) is 19.1. The number of carbonyl (C=O) groups excluding carboxylic acids is 1. The first-order valence-corrected chi connectivity index (χ1v) is 4.15. The van der Waals surface area contributed by atoms with Crippen LogP contribution in [-0.4, -0.2) is 23.7 Å². The Hall–Kier alpha value is -1.63. The number of nitrogen functional groups attached to an aromatic ring is 1. The molecule has 0 bridgehead atoms. The van der Waals surface area contributed by atoms with Gasteiger partial charge in [0.05, 0.1) is 0 Å². The Bertz CT molecular complexity index is 346. The standard InChI is InChI=1S/C6H8N4O2S/c1-12-10-4(5(7)11)3-2-13-6(8)9-3/h2H,1H3,(H2,7,11)(H2,8,9)/b10-4-. The number of nitrogens with zero attached hydrogens (tertiary/aromatic N) is 2. The Morgan fingerprint density at radius 3 is 2.85 bits per heavy atom. The van der Waals surface area contributed by atoms with Gasteiger partial charge in [-0.2, -0.15) is 0 Å². The molecule has 6 nitrogen and oxygen atoms in total. The van der Waals surface area contributed by atoms with Gasteiger partial charge >= 0.3 is 0 Å². The lowest BCUT2D eigenvalue weighted by Crippen LogP contribution is -2.24. The summed E-state index contributed by atoms with van der Waals surface area (Å²) in [5, 5.41) is 5.37. The molecule has 4 N–H and O–H groups in total. The van der Waals surface area contributed by atoms with E-state index in [4.69, 9.17) is 11.5 Å². The number of hydrogen-bond acceptors (Lipinski definition) is 6. The van der Waals surface area contributed by atoms with E-state index in [0.29, 0.717) is 10.8 Å². The van der Waals surface area contributed by atoms with E-state index in [1.807, 2.05) is 0 Å². The third kappa shape index (κ3) is 2.15. The molecule has 1 aromatic rings. The highest BCUT2D eigenvalue weighted by atomic mass is 32.1. The second-order valence-electron chi connectivity index (χ2n) is 2.06. The molecular weight excluding hydrogens is 192 g/mol. The van der Waals surface area contributed by atoms with Crippen LogP contribution in [0.3, 0.4) is 0 Å². The minimum absolute atomic E-state index is 0.0320. The largest absolute Gasteiger partial charge is 0.398 e. The van der Waals surface area contributed by atoms with Gasteiger partial charge in [0.2, 0.25) is 0 Å². The molecule has 1 aromatic heterocycles. The highest BCUT2D eigenvalue weighted by Gasteiger charge is 2.14. The summed E-state index contributed by atoms with van der Waals surface area (Å²) in [5.41, 5.74) is 10.7. The molecule has 1 rings (SSSR count). The van der Waals surface area contributed by atoms with Gasteiger partial charge in [-0.1, -0.05) is 5.16 Å². The molecule has 0 aliphatic rings. The predicted octanol–water partition coefficient (Wildman–Crippen LogP) is -0.439. The average Bonchev–Trinajstić information content (AvgIpc) is 2.46. The minimum atomic E-state index is -0.702. The highest BCUT2D eigenvalue weighted by molar-refractivity contribution is 7.13. The fourth-order valence-electron chi connectivity index (χ4n) is 0.706. The lowest BCUT2D eigenvalue weighted by molar-refractivity contribution is -0.112. The molecule has 1 heterocycles. The molecule has 0 saturated heterocycles. The van der Waals surface area contributed by atoms with Crippen molar-refractivity contribution in [1.29, 1.82) is 0 Å². The summed E-state index contributed by atoms with van der Waals surface area (Å²) >= 11 is 1.20. The molecule has 0 spiro atoms. The Kier molecular flexibility index (Phi) is 2.80. The van der Waals surface area contributed by atoms with Crippen LogP contribution in [0.4, 0.5) is 5.13 Å². The van der Waals surface area contributed by atoms with Crippen LogP contribution in [0.1, 0.15) is 5.69 Å². The van der Waals surface area contributed by atoms with Gasteiger partial charge in [0.25, 0.3) is 5.91 Å². The summed E-state index contributed by atoms with van der Waals surface area (Å²) in [6.45, 7) is 0. The van der Waals surface area contributed by atoms with Crippen molar-refractivity contribution in [1.82, 2.24) is 4.98 Å². The molecule has 0 aliphatic carbocycles. The lowest BCUT2D eigenvalue weighted by atomic mass is 10.3. The topological polar surface area (TPSA) is 104 Å². The van der Waals surface area contributed by atoms with Gasteiger partial charge in [0, 0.05) is 5.38 Å². The SMILES string of the molecule is CO/N=C(\C(N)=O)c1csc(N)n1. The molecule has 0 unspecified atom stereocenters. The number of anilines is 1. The van der Waals surface area contributed by atoms with E-state index >= 15 is 0 Å². The van der Waals surface area contributed by atoms with Gasteiger partial charge in [0.1, 0.15) is 12.8 Å². The zero-order valence-electron chi connectivity index (χ0n) is 6.85. The van der Waals surface area contributed by atoms with Crippen molar-refractivity contribution in [2.24, 2.45) is 10.9 Å². The summed E-state index contributed by atoms with van der Waals surface area (Å²) in [6.07, 6.45) is 0. The molecule has 0 aromatic carbocycles. The monoisotopic (exact) mass is 200 g/mol. The van der Waals surface area contributed by atoms with Crippen molar-refractivity contribution in [2.75, 3.05) is 12.8 Å². The number of oxime groups is 1. The fourth-order valence-corrected chi connectivity index (χ4v) is 1.25. The molecule has 0 fully saturated rings. The van der Waals surface area contributed by atoms with Crippen molar-refractivity contribution in [3.63, 3.8) is 0 Å². The predicted molar refractivity (Wildman–Crippen MR) is 49.3 cm³/mol. The van der Waals surface area contributed by atoms with Crippen LogP contribution in [0.15, 0.2) is 10.5 Å². The van der Waals surface area contributed by atoms with E-state index in [1.165, 1.54) is 18.4 Å². The molecule has 0 aliphatic heterocycles. The van der Waals surface area contributed by atoms with Gasteiger partial charge in [-0.3, -0.25) is 4.79 Å². The normalized spacial score (nSPS) is 11.3. The molecule has 70 valence electrons. The van der Waals surface area contributed by atoms with Crippen molar-refractivity contribution < 1.29 is 9.63 Å². The summed E-state index contributed by atoms with van der Waals surface area (Å²) in [7, 11) is 1.32. The number of thiazole rings is 1. The van der Waals surface area contributed by atoms with Crippen molar-refractivity contribution >= 4 is 28.1 Å². The maximum atomic E-state index is 10.8. The maximum Gasteiger partial charge on any atom is 0.273 e. The van der Waals surface area contributed by atoms with Crippen molar-refractivity contribution in [2.45, 2.75) is 0 Å². The Morgan fingerprint density at radius 1 is 1.77 bits per heavy atom. The summed E-state index contributed by atoms with van der Waals surface area (Å²) in [6, 6.07) is 0. The van der Waals surface area contributed by atoms with Crippen LogP contribution in [-0.2, 0) is 9.63 Å². The van der Waals surface area contributed by atoms with Crippen LogP contribution in [0.5, 0.6) is 0 Å². The van der Waals surface area contributed by atoms with Gasteiger partial charge in [0.15, 0.2) is 10.8 Å². The molecule has 1 amide bonds. The molecule has 0 atom stereocenters. The minimum Gasteiger partial charge on any atom is -0.398 e. The van der Waals surface area contributed by atoms with Crippen LogP contribution >= 0.6 is 11.3 Å². The van der Waals surface area contributed by atoms with E-state index in [9.17, 15) is 4.79 Å². The van der Waals surface area contributed by atoms with E-state index in [1.54, 1.807) is 5.38 Å². The van der Waals surface area contributed by atoms with Gasteiger partial charge < -0.3 is 16.3 Å². The zero-order chi connectivity index (χ0) is 9.84. The molecule has 0 saturated carbocycles. The van der Waals surface area contributed by atoms with Crippen LogP contribution in [0, 0.1) is 0 Å². The smallest absolute Gasteiger partial charge is 0.273 e. The Labute approximate surface area is 78.2 Å². The van der Waals surface area contributed by atoms with E-state index in [-0.39, 0.29) is 5.71 Å². The number of primary amides is 1. The number of rotatable bonds is 3. The summed E-state index contributed by atoms with van der Waals surface area (Å²) in [5.74, 6) is -0.702. The first-order valence-electron chi connectivity index (χ1n) is 3.27. The van der Waals surface area contributed by atoms with E-state index < -0.39 is 5.91 Å². The number of carbonyl (C=O) groups is 1. The van der Waals surface area contributed by atoms with Crippen molar-refractivity contribution in [3.05, 3.63) is 11.1 Å². The number of aromatic nitrogens is 1. The second kappa shape index (κ2) is 3.85.